The smallest absolute Gasteiger partial charge is 0.327 e. The van der Waals surface area contributed by atoms with Crippen molar-refractivity contribution in [1.29, 1.82) is 0 Å². The van der Waals surface area contributed by atoms with Gasteiger partial charge in [0.25, 0.3) is 0 Å². The Bertz CT molecular complexity index is 274. The Morgan fingerprint density at radius 1 is 1.19 bits per heavy atom. The maximum atomic E-state index is 11.2. The van der Waals surface area contributed by atoms with Crippen molar-refractivity contribution >= 4 is 11.9 Å². The zero-order chi connectivity index (χ0) is 11.5. The first-order chi connectivity index (χ1) is 7.70. The van der Waals surface area contributed by atoms with Crippen LogP contribution in [0.15, 0.2) is 0 Å². The van der Waals surface area contributed by atoms with Crippen molar-refractivity contribution in [2.45, 2.75) is 45.1 Å². The largest absolute Gasteiger partial charge is 0.391 e. The topological polar surface area (TPSA) is 46.6 Å². The second-order valence-electron chi connectivity index (χ2n) is 4.77. The Morgan fingerprint density at radius 3 is 2.44 bits per heavy atom. The lowest BCUT2D eigenvalue weighted by Gasteiger charge is -2.40. The molecule has 2 fully saturated rings. The van der Waals surface area contributed by atoms with Crippen LogP contribution in [0.25, 0.3) is 0 Å². The fourth-order valence-electron chi connectivity index (χ4n) is 2.96. The monoisotopic (exact) mass is 225 g/mol. The molecule has 0 aromatic carbocycles. The molecular formula is C12H19NO3. The molecule has 1 saturated heterocycles. The van der Waals surface area contributed by atoms with Crippen LogP contribution in [0.5, 0.6) is 0 Å². The molecule has 1 heterocycles. The van der Waals surface area contributed by atoms with E-state index in [2.05, 4.69) is 11.7 Å². The lowest BCUT2D eigenvalue weighted by atomic mass is 9.82. The average Bonchev–Trinajstić information content (AvgIpc) is 2.27. The summed E-state index contributed by atoms with van der Waals surface area (Å²) in [5.41, 5.74) is 0. The van der Waals surface area contributed by atoms with Gasteiger partial charge in [0.2, 0.25) is 0 Å². The first-order valence-electron chi connectivity index (χ1n) is 6.18. The third kappa shape index (κ3) is 2.43. The fraction of sp³-hybridized carbons (Fsp3) is 0.833. The summed E-state index contributed by atoms with van der Waals surface area (Å²) in [5, 5.41) is 0. The van der Waals surface area contributed by atoms with Crippen LogP contribution in [-0.4, -0.2) is 36.0 Å². The highest BCUT2D eigenvalue weighted by Gasteiger charge is 2.34. The number of hydrogen-bond donors (Lipinski definition) is 0. The van der Waals surface area contributed by atoms with Gasteiger partial charge in [0.1, 0.15) is 0 Å². The summed E-state index contributed by atoms with van der Waals surface area (Å²) in [6.07, 6.45) is 5.95. The predicted octanol–water partition coefficient (Wildman–Crippen LogP) is 1.34. The van der Waals surface area contributed by atoms with Gasteiger partial charge in [-0.1, -0.05) is 26.2 Å². The van der Waals surface area contributed by atoms with Gasteiger partial charge in [-0.2, -0.15) is 0 Å². The average molecular weight is 225 g/mol. The van der Waals surface area contributed by atoms with Crippen LogP contribution in [0.3, 0.4) is 0 Å². The maximum absolute atomic E-state index is 11.2. The molecule has 4 nitrogen and oxygen atoms in total. The fourth-order valence-corrected chi connectivity index (χ4v) is 2.96. The third-order valence-electron chi connectivity index (χ3n) is 3.75. The number of nitrogens with zero attached hydrogens (tertiary/aromatic N) is 1. The Morgan fingerprint density at radius 2 is 1.81 bits per heavy atom. The van der Waals surface area contributed by atoms with E-state index in [0.29, 0.717) is 12.0 Å². The van der Waals surface area contributed by atoms with Gasteiger partial charge in [0, 0.05) is 6.04 Å². The first kappa shape index (κ1) is 11.6. The molecule has 2 atom stereocenters. The predicted molar refractivity (Wildman–Crippen MR) is 58.7 cm³/mol. The van der Waals surface area contributed by atoms with Crippen LogP contribution >= 0.6 is 0 Å². The number of carbonyl (C=O) groups is 2. The highest BCUT2D eigenvalue weighted by molar-refractivity contribution is 5.90. The van der Waals surface area contributed by atoms with Crippen molar-refractivity contribution in [3.63, 3.8) is 0 Å². The van der Waals surface area contributed by atoms with Crippen molar-refractivity contribution < 1.29 is 14.3 Å². The maximum Gasteiger partial charge on any atom is 0.327 e. The van der Waals surface area contributed by atoms with Crippen LogP contribution in [0.2, 0.25) is 0 Å². The second kappa shape index (κ2) is 4.95. The Kier molecular flexibility index (Phi) is 3.59. The summed E-state index contributed by atoms with van der Waals surface area (Å²) in [5.74, 6) is -0.152. The molecule has 0 aromatic heterocycles. The SMILES string of the molecule is CCC1CCCCC1N1CC(=O)OC(=O)C1. The van der Waals surface area contributed by atoms with E-state index >= 15 is 0 Å². The molecule has 0 radical (unpaired) electrons. The molecule has 90 valence electrons. The molecule has 0 spiro atoms. The van der Waals surface area contributed by atoms with Crippen LogP contribution in [0, 0.1) is 5.92 Å². The molecule has 2 unspecified atom stereocenters. The van der Waals surface area contributed by atoms with Gasteiger partial charge >= 0.3 is 11.9 Å². The van der Waals surface area contributed by atoms with Crippen LogP contribution in [0.1, 0.15) is 39.0 Å². The summed E-state index contributed by atoms with van der Waals surface area (Å²) >= 11 is 0. The van der Waals surface area contributed by atoms with E-state index < -0.39 is 11.9 Å². The summed E-state index contributed by atoms with van der Waals surface area (Å²) in [6, 6.07) is 0.399. The number of hydrogen-bond acceptors (Lipinski definition) is 4. The molecule has 1 aliphatic carbocycles. The number of cyclic esters (lactones) is 2. The normalized spacial score (nSPS) is 32.6. The van der Waals surface area contributed by atoms with Gasteiger partial charge in [-0.25, -0.2) is 0 Å². The van der Waals surface area contributed by atoms with E-state index in [0.717, 1.165) is 12.8 Å². The van der Waals surface area contributed by atoms with E-state index in [1.54, 1.807) is 0 Å². The van der Waals surface area contributed by atoms with E-state index in [-0.39, 0.29) is 13.1 Å². The highest BCUT2D eigenvalue weighted by atomic mass is 16.6. The van der Waals surface area contributed by atoms with Crippen LogP contribution in [-0.2, 0) is 14.3 Å². The molecule has 2 rings (SSSR count). The molecule has 0 amide bonds. The third-order valence-corrected chi connectivity index (χ3v) is 3.75. The molecule has 0 N–H and O–H groups in total. The summed E-state index contributed by atoms with van der Waals surface area (Å²) in [6.45, 7) is 2.76. The molecule has 4 heteroatoms. The Hall–Kier alpha value is -0.900. The van der Waals surface area contributed by atoms with E-state index in [1.807, 2.05) is 4.90 Å². The summed E-state index contributed by atoms with van der Waals surface area (Å²) < 4.78 is 4.56. The number of morpholine rings is 1. The number of ether oxygens (including phenoxy) is 1. The molecule has 16 heavy (non-hydrogen) atoms. The zero-order valence-corrected chi connectivity index (χ0v) is 9.78. The molecule has 1 saturated carbocycles. The zero-order valence-electron chi connectivity index (χ0n) is 9.78. The van der Waals surface area contributed by atoms with Gasteiger partial charge < -0.3 is 4.74 Å². The summed E-state index contributed by atoms with van der Waals surface area (Å²) in [4.78, 5) is 24.5. The van der Waals surface area contributed by atoms with Gasteiger partial charge in [0.05, 0.1) is 13.1 Å². The minimum atomic E-state index is -0.392. The lowest BCUT2D eigenvalue weighted by Crippen LogP contribution is -2.51. The van der Waals surface area contributed by atoms with Crippen molar-refractivity contribution in [2.75, 3.05) is 13.1 Å². The molecule has 1 aliphatic heterocycles. The first-order valence-corrected chi connectivity index (χ1v) is 6.18. The van der Waals surface area contributed by atoms with Crippen molar-refractivity contribution in [3.05, 3.63) is 0 Å². The quantitative estimate of drug-likeness (QED) is 0.525. The number of rotatable bonds is 2. The number of carbonyl (C=O) groups excluding carboxylic acids is 2. The van der Waals surface area contributed by atoms with E-state index in [1.165, 1.54) is 19.3 Å². The van der Waals surface area contributed by atoms with Gasteiger partial charge in [-0.15, -0.1) is 0 Å². The molecule has 2 aliphatic rings. The lowest BCUT2D eigenvalue weighted by molar-refractivity contribution is -0.169. The number of esters is 2. The molecule has 0 aromatic rings. The Labute approximate surface area is 95.9 Å². The molecular weight excluding hydrogens is 206 g/mol. The van der Waals surface area contributed by atoms with Gasteiger partial charge in [-0.3, -0.25) is 14.5 Å². The second-order valence-corrected chi connectivity index (χ2v) is 4.77. The minimum absolute atomic E-state index is 0.285. The van der Waals surface area contributed by atoms with Crippen LogP contribution < -0.4 is 0 Å². The molecule has 0 bridgehead atoms. The van der Waals surface area contributed by atoms with Crippen molar-refractivity contribution in [1.82, 2.24) is 4.90 Å². The van der Waals surface area contributed by atoms with Gasteiger partial charge in [-0.05, 0) is 18.8 Å². The standard InChI is InChI=1S/C12H19NO3/c1-2-9-5-3-4-6-10(9)13-7-11(14)16-12(15)8-13/h9-10H,2-8H2,1H3. The minimum Gasteiger partial charge on any atom is -0.391 e. The van der Waals surface area contributed by atoms with E-state index in [4.69, 9.17) is 0 Å². The Balaban J connectivity index is 2.03. The van der Waals surface area contributed by atoms with E-state index in [9.17, 15) is 9.59 Å². The highest BCUT2D eigenvalue weighted by Crippen LogP contribution is 2.31. The van der Waals surface area contributed by atoms with Gasteiger partial charge in [0.15, 0.2) is 0 Å². The summed E-state index contributed by atoms with van der Waals surface area (Å²) in [7, 11) is 0. The van der Waals surface area contributed by atoms with Crippen molar-refractivity contribution in [2.24, 2.45) is 5.92 Å². The van der Waals surface area contributed by atoms with Crippen molar-refractivity contribution in [3.8, 4) is 0 Å². The van der Waals surface area contributed by atoms with Crippen LogP contribution in [0.4, 0.5) is 0 Å².